The van der Waals surface area contributed by atoms with Crippen LogP contribution in [-0.4, -0.2) is 59.6 Å². The molecule has 2 N–H and O–H groups in total. The van der Waals surface area contributed by atoms with Crippen LogP contribution in [0.3, 0.4) is 0 Å². The van der Waals surface area contributed by atoms with E-state index in [2.05, 4.69) is 33.5 Å². The molecule has 1 saturated carbocycles. The minimum Gasteiger partial charge on any atom is -0.878 e. The normalized spacial score (nSPS) is 19.1. The fourth-order valence-electron chi connectivity index (χ4n) is 5.16. The Kier molecular flexibility index (Phi) is 13.9. The second kappa shape index (κ2) is 17.3. The summed E-state index contributed by atoms with van der Waals surface area (Å²) >= 11 is 0. The zero-order chi connectivity index (χ0) is 29.3. The number of pyridine rings is 1. The van der Waals surface area contributed by atoms with Crippen LogP contribution in [0.5, 0.6) is 5.75 Å². The Morgan fingerprint density at radius 3 is 2.68 bits per heavy atom. The molecule has 1 aliphatic carbocycles. The van der Waals surface area contributed by atoms with Crippen molar-refractivity contribution in [3.05, 3.63) is 60.6 Å². The fourth-order valence-corrected chi connectivity index (χ4v) is 5.16. The Labute approximate surface area is 273 Å². The first-order chi connectivity index (χ1) is 20.5. The quantitative estimate of drug-likeness (QED) is 0.194. The molecule has 0 aromatic carbocycles. The van der Waals surface area contributed by atoms with Gasteiger partial charge in [-0.2, -0.15) is 0 Å². The molecule has 10 nitrogen and oxygen atoms in total. The number of anilines is 2. The molecule has 2 aliphatic heterocycles. The third-order valence-electron chi connectivity index (χ3n) is 7.87. The summed E-state index contributed by atoms with van der Waals surface area (Å²) in [5.41, 5.74) is 2.80. The predicted octanol–water partition coefficient (Wildman–Crippen LogP) is 3.82. The summed E-state index contributed by atoms with van der Waals surface area (Å²) in [6, 6.07) is 3.55. The number of aromatic nitrogens is 3. The zero-order valence-corrected chi connectivity index (χ0v) is 26.5. The number of fused-ring (bicyclic) bond motifs is 4. The summed E-state index contributed by atoms with van der Waals surface area (Å²) in [4.78, 5) is 13.4. The van der Waals surface area contributed by atoms with Crippen LogP contribution in [0.25, 0.3) is 16.6 Å². The Bertz CT molecular complexity index is 1320. The predicted molar refractivity (Wildman–Crippen MR) is 169 cm³/mol. The molecular weight excluding hydrogens is 551 g/mol. The Morgan fingerprint density at radius 1 is 1.14 bits per heavy atom. The van der Waals surface area contributed by atoms with Gasteiger partial charge < -0.3 is 48.3 Å². The van der Waals surface area contributed by atoms with E-state index in [1.165, 1.54) is 0 Å². The van der Waals surface area contributed by atoms with Crippen molar-refractivity contribution in [1.82, 2.24) is 15.0 Å². The van der Waals surface area contributed by atoms with E-state index in [0.717, 1.165) is 81.1 Å². The maximum absolute atomic E-state index is 9.66. The van der Waals surface area contributed by atoms with E-state index in [-0.39, 0.29) is 49.7 Å². The molecular formula is C33H43LiN6O4-2. The molecule has 1 saturated heterocycles. The summed E-state index contributed by atoms with van der Waals surface area (Å²) in [5, 5.41) is 21.9. The molecule has 0 radical (unpaired) electrons. The standard InChI is InChI=1S/C32H40N6O4.CH3.Li/c1-21(4-3-5-23-10-14-39-15-11-23)30(31(34)41-19-24-6-7-24)26-18-36-29-16-27(26)42-22(2)9-13-40-20-25(17-33)32-35-12-8-28(37-29)38-32;;/h8,12,16-18,22-24,34H,3-7,9-11,13-15,19H2,1-2H3,(H,35,36,37,38);1H3;/q-2;-1;+1/b30-21-,34-31?;;/t22-;;/m0../s1. The number of nitrogens with one attached hydrogen (secondary N) is 2. The molecule has 11 heteroatoms. The van der Waals surface area contributed by atoms with Crippen molar-refractivity contribution in [2.75, 3.05) is 31.7 Å². The van der Waals surface area contributed by atoms with E-state index >= 15 is 0 Å². The number of rotatable bonds is 9. The van der Waals surface area contributed by atoms with Gasteiger partial charge in [0.25, 0.3) is 0 Å². The second-order valence-electron chi connectivity index (χ2n) is 11.4. The van der Waals surface area contributed by atoms with Crippen molar-refractivity contribution >= 4 is 34.9 Å². The summed E-state index contributed by atoms with van der Waals surface area (Å²) < 4.78 is 23.6. The van der Waals surface area contributed by atoms with Crippen molar-refractivity contribution in [1.29, 1.82) is 5.41 Å². The van der Waals surface area contributed by atoms with Gasteiger partial charge >= 0.3 is 18.9 Å². The number of nitrogens with zero attached hydrogens (tertiary/aromatic N) is 4. The molecule has 2 aromatic heterocycles. The molecule has 4 bridgehead atoms. The molecule has 5 rings (SSSR count). The van der Waals surface area contributed by atoms with Gasteiger partial charge in [0.15, 0.2) is 0 Å². The molecule has 2 fully saturated rings. The van der Waals surface area contributed by atoms with Gasteiger partial charge in [-0.1, -0.05) is 5.57 Å². The summed E-state index contributed by atoms with van der Waals surface area (Å²) in [5.74, 6) is 3.28. The SMILES string of the molecule is C/C(CCCC1CCOCC1)=C(/C(=N)OCC1CC1)c1cnc2cc1O[C@@H](C)CCO[C-]=C(C=[N-])c1nccc(n1)N2.[CH3-].[Li+]. The maximum atomic E-state index is 9.66. The van der Waals surface area contributed by atoms with Gasteiger partial charge in [-0.25, -0.2) is 4.98 Å². The van der Waals surface area contributed by atoms with Crippen LogP contribution in [0.15, 0.2) is 30.1 Å². The van der Waals surface area contributed by atoms with Gasteiger partial charge in [-0.05, 0) is 76.7 Å². The minimum absolute atomic E-state index is 0. The van der Waals surface area contributed by atoms with Crippen molar-refractivity contribution in [2.45, 2.75) is 71.3 Å². The van der Waals surface area contributed by atoms with E-state index in [0.29, 0.717) is 48.9 Å². The van der Waals surface area contributed by atoms with E-state index < -0.39 is 0 Å². The molecule has 4 heterocycles. The first-order valence-corrected chi connectivity index (χ1v) is 15.0. The average molecular weight is 595 g/mol. The fraction of sp³-hybridized carbons (Fsp3) is 0.515. The molecule has 3 aliphatic rings. The van der Waals surface area contributed by atoms with Crippen molar-refractivity contribution in [3.63, 3.8) is 0 Å². The van der Waals surface area contributed by atoms with Gasteiger partial charge in [-0.3, -0.25) is 10.4 Å². The van der Waals surface area contributed by atoms with Gasteiger partial charge in [0.05, 0.1) is 19.3 Å². The Morgan fingerprint density at radius 2 is 1.93 bits per heavy atom. The first kappa shape index (κ1) is 35.3. The number of ether oxygens (including phenoxy) is 4. The smallest absolute Gasteiger partial charge is 0.878 e. The topological polar surface area (TPSA) is 134 Å². The van der Waals surface area contributed by atoms with Crippen LogP contribution in [0.2, 0.25) is 0 Å². The van der Waals surface area contributed by atoms with Crippen LogP contribution >= 0.6 is 0 Å². The third-order valence-corrected chi connectivity index (χ3v) is 7.87. The van der Waals surface area contributed by atoms with Crippen LogP contribution in [0.1, 0.15) is 76.6 Å². The number of hydrogen-bond donors (Lipinski definition) is 2. The van der Waals surface area contributed by atoms with Crippen LogP contribution < -0.4 is 28.9 Å². The Balaban J connectivity index is 0.00000264. The summed E-state index contributed by atoms with van der Waals surface area (Å²) in [7, 11) is 0. The molecule has 232 valence electrons. The molecule has 0 amide bonds. The number of hydrogen-bond acceptors (Lipinski definition) is 9. The molecule has 44 heavy (non-hydrogen) atoms. The van der Waals surface area contributed by atoms with Crippen LogP contribution in [0, 0.1) is 30.9 Å². The minimum atomic E-state index is -0.212. The van der Waals surface area contributed by atoms with E-state index in [1.54, 1.807) is 18.5 Å². The summed E-state index contributed by atoms with van der Waals surface area (Å²) in [6.45, 7) is 6.64. The van der Waals surface area contributed by atoms with E-state index in [4.69, 9.17) is 24.4 Å². The third kappa shape index (κ3) is 9.91. The second-order valence-corrected chi connectivity index (χ2v) is 11.4. The van der Waals surface area contributed by atoms with E-state index in [1.807, 2.05) is 13.0 Å². The molecule has 0 spiro atoms. The number of allylic oxidation sites excluding steroid dienone is 2. The molecule has 1 atom stereocenters. The van der Waals surface area contributed by atoms with Gasteiger partial charge in [0.2, 0.25) is 5.90 Å². The van der Waals surface area contributed by atoms with Crippen LogP contribution in [-0.2, 0) is 14.2 Å². The van der Waals surface area contributed by atoms with Crippen molar-refractivity contribution in [2.24, 2.45) is 11.8 Å². The first-order valence-electron chi connectivity index (χ1n) is 15.0. The Hall–Kier alpha value is -3.19. The van der Waals surface area contributed by atoms with Gasteiger partial charge in [0.1, 0.15) is 17.4 Å². The average Bonchev–Trinajstić information content (AvgIpc) is 3.82. The maximum Gasteiger partial charge on any atom is 1.00 e. The molecule has 0 unspecified atom stereocenters. The van der Waals surface area contributed by atoms with E-state index in [9.17, 15) is 5.41 Å². The van der Waals surface area contributed by atoms with Gasteiger partial charge in [-0.15, -0.1) is 5.57 Å². The largest absolute Gasteiger partial charge is 1.00 e. The zero-order valence-electron chi connectivity index (χ0n) is 26.5. The molecule has 2 aromatic rings. The monoisotopic (exact) mass is 594 g/mol. The van der Waals surface area contributed by atoms with Crippen molar-refractivity contribution < 1.29 is 37.8 Å². The van der Waals surface area contributed by atoms with Crippen molar-refractivity contribution in [3.8, 4) is 5.75 Å². The van der Waals surface area contributed by atoms with Crippen LogP contribution in [0.4, 0.5) is 11.6 Å². The van der Waals surface area contributed by atoms with Gasteiger partial charge in [0, 0.05) is 61.3 Å². The summed E-state index contributed by atoms with van der Waals surface area (Å²) in [6.07, 6.45) is 14.9.